The molecule has 0 unspecified atom stereocenters. The highest BCUT2D eigenvalue weighted by Gasteiger charge is 2.32. The van der Waals surface area contributed by atoms with Crippen molar-refractivity contribution in [1.29, 1.82) is 0 Å². The van der Waals surface area contributed by atoms with E-state index in [-0.39, 0.29) is 11.2 Å². The van der Waals surface area contributed by atoms with Crippen molar-refractivity contribution >= 4 is 11.7 Å². The number of rotatable bonds is 2. The minimum absolute atomic E-state index is 0.163. The Bertz CT molecular complexity index is 649. The minimum Gasteiger partial charge on any atom is -0.347 e. The molecule has 2 N–H and O–H groups in total. The third kappa shape index (κ3) is 3.26. The van der Waals surface area contributed by atoms with Gasteiger partial charge < -0.3 is 10.3 Å². The number of hydrogen-bond acceptors (Lipinski definition) is 2. The van der Waals surface area contributed by atoms with E-state index in [0.29, 0.717) is 5.82 Å². The molecule has 0 saturated heterocycles. The molecule has 0 atom stereocenters. The monoisotopic (exact) mass is 300 g/mol. The van der Waals surface area contributed by atoms with Gasteiger partial charge in [0.15, 0.2) is 0 Å². The normalized spacial score (nSPS) is 12.5. The predicted octanol–water partition coefficient (Wildman–Crippen LogP) is 3.24. The Morgan fingerprint density at radius 2 is 1.90 bits per heavy atom. The van der Waals surface area contributed by atoms with Crippen LogP contribution < -0.4 is 5.32 Å². The molecule has 0 saturated carbocycles. The maximum atomic E-state index is 12.5. The van der Waals surface area contributed by atoms with Crippen LogP contribution in [0.3, 0.4) is 0 Å². The van der Waals surface area contributed by atoms with E-state index in [4.69, 9.17) is 0 Å². The molecule has 0 aliphatic heterocycles. The maximum Gasteiger partial charge on any atom is 0.431 e. The predicted molar refractivity (Wildman–Crippen MR) is 71.0 cm³/mol. The van der Waals surface area contributed by atoms with Crippen LogP contribution in [0, 0.1) is 0 Å². The molecule has 2 heterocycles. The molecule has 0 aromatic carbocycles. The SMILES string of the molecule is CC(C)(C)n1nccc1NC(=O)c1ccc(C(F)(F)F)[nH]1. The zero-order valence-corrected chi connectivity index (χ0v) is 11.7. The van der Waals surface area contributed by atoms with Gasteiger partial charge in [-0.05, 0) is 32.9 Å². The van der Waals surface area contributed by atoms with Crippen molar-refractivity contribution < 1.29 is 18.0 Å². The molecule has 0 fully saturated rings. The molecular formula is C13H15F3N4O. The van der Waals surface area contributed by atoms with E-state index in [1.807, 2.05) is 20.8 Å². The Labute approximate surface area is 119 Å². The average Bonchev–Trinajstić information content (AvgIpc) is 2.94. The van der Waals surface area contributed by atoms with E-state index < -0.39 is 17.8 Å². The Morgan fingerprint density at radius 3 is 2.43 bits per heavy atom. The molecular weight excluding hydrogens is 285 g/mol. The van der Waals surface area contributed by atoms with Crippen molar-refractivity contribution in [2.24, 2.45) is 0 Å². The molecule has 2 aromatic heterocycles. The van der Waals surface area contributed by atoms with Crippen LogP contribution in [0.2, 0.25) is 0 Å². The van der Waals surface area contributed by atoms with Crippen LogP contribution in [0.5, 0.6) is 0 Å². The minimum atomic E-state index is -4.51. The highest BCUT2D eigenvalue weighted by Crippen LogP contribution is 2.28. The molecule has 2 rings (SSSR count). The van der Waals surface area contributed by atoms with Gasteiger partial charge in [-0.2, -0.15) is 18.3 Å². The number of amides is 1. The topological polar surface area (TPSA) is 62.7 Å². The molecule has 0 bridgehead atoms. The number of aromatic nitrogens is 3. The number of aromatic amines is 1. The second-order valence-electron chi connectivity index (χ2n) is 5.54. The van der Waals surface area contributed by atoms with E-state index in [1.54, 1.807) is 10.7 Å². The van der Waals surface area contributed by atoms with Crippen LogP contribution >= 0.6 is 0 Å². The summed E-state index contributed by atoms with van der Waals surface area (Å²) in [4.78, 5) is 14.0. The van der Waals surface area contributed by atoms with E-state index in [0.717, 1.165) is 12.1 Å². The van der Waals surface area contributed by atoms with Gasteiger partial charge in [-0.25, -0.2) is 4.68 Å². The van der Waals surface area contributed by atoms with Crippen LogP contribution in [0.25, 0.3) is 0 Å². The second-order valence-corrected chi connectivity index (χ2v) is 5.54. The smallest absolute Gasteiger partial charge is 0.347 e. The molecule has 1 amide bonds. The van der Waals surface area contributed by atoms with Gasteiger partial charge in [0.2, 0.25) is 0 Å². The van der Waals surface area contributed by atoms with Crippen molar-refractivity contribution in [3.05, 3.63) is 35.8 Å². The van der Waals surface area contributed by atoms with Crippen molar-refractivity contribution in [2.75, 3.05) is 5.32 Å². The lowest BCUT2D eigenvalue weighted by molar-refractivity contribution is -0.140. The van der Waals surface area contributed by atoms with Gasteiger partial charge in [0.1, 0.15) is 17.2 Å². The van der Waals surface area contributed by atoms with Gasteiger partial charge in [0, 0.05) is 6.07 Å². The molecule has 21 heavy (non-hydrogen) atoms. The van der Waals surface area contributed by atoms with Gasteiger partial charge in [-0.3, -0.25) is 4.79 Å². The summed E-state index contributed by atoms with van der Waals surface area (Å²) in [6.45, 7) is 5.68. The summed E-state index contributed by atoms with van der Waals surface area (Å²) in [5, 5.41) is 6.63. The first kappa shape index (κ1) is 15.1. The third-order valence-corrected chi connectivity index (χ3v) is 2.76. The van der Waals surface area contributed by atoms with Crippen LogP contribution in [-0.2, 0) is 11.7 Å². The van der Waals surface area contributed by atoms with Crippen molar-refractivity contribution in [3.8, 4) is 0 Å². The lowest BCUT2D eigenvalue weighted by Gasteiger charge is -2.22. The third-order valence-electron chi connectivity index (χ3n) is 2.76. The first-order chi connectivity index (χ1) is 9.59. The quantitative estimate of drug-likeness (QED) is 0.894. The first-order valence-corrected chi connectivity index (χ1v) is 6.21. The number of halogens is 3. The number of anilines is 1. The van der Waals surface area contributed by atoms with Gasteiger partial charge in [-0.1, -0.05) is 0 Å². The fourth-order valence-corrected chi connectivity index (χ4v) is 1.81. The summed E-state index contributed by atoms with van der Waals surface area (Å²) in [6, 6.07) is 3.50. The Balaban J connectivity index is 2.20. The number of alkyl halides is 3. The van der Waals surface area contributed by atoms with Gasteiger partial charge >= 0.3 is 6.18 Å². The van der Waals surface area contributed by atoms with Crippen LogP contribution in [0.15, 0.2) is 24.4 Å². The molecule has 114 valence electrons. The number of hydrogen-bond donors (Lipinski definition) is 2. The summed E-state index contributed by atoms with van der Waals surface area (Å²) in [5.41, 5.74) is -1.49. The summed E-state index contributed by atoms with van der Waals surface area (Å²) in [5.74, 6) is -0.243. The summed E-state index contributed by atoms with van der Waals surface area (Å²) < 4.78 is 39.0. The summed E-state index contributed by atoms with van der Waals surface area (Å²) in [6.07, 6.45) is -3.00. The van der Waals surface area contributed by atoms with Crippen LogP contribution in [-0.4, -0.2) is 20.7 Å². The van der Waals surface area contributed by atoms with Crippen molar-refractivity contribution in [1.82, 2.24) is 14.8 Å². The average molecular weight is 300 g/mol. The Kier molecular flexibility index (Phi) is 3.56. The number of nitrogens with one attached hydrogen (secondary N) is 2. The number of H-pyrrole nitrogens is 1. The van der Waals surface area contributed by atoms with Crippen LogP contribution in [0.1, 0.15) is 37.0 Å². The lowest BCUT2D eigenvalue weighted by Crippen LogP contribution is -2.26. The fourth-order valence-electron chi connectivity index (χ4n) is 1.81. The van der Waals surface area contributed by atoms with Crippen molar-refractivity contribution in [2.45, 2.75) is 32.5 Å². The molecule has 0 radical (unpaired) electrons. The summed E-state index contributed by atoms with van der Waals surface area (Å²) >= 11 is 0. The fraction of sp³-hybridized carbons (Fsp3) is 0.385. The Hall–Kier alpha value is -2.25. The molecule has 0 spiro atoms. The van der Waals surface area contributed by atoms with Crippen molar-refractivity contribution in [3.63, 3.8) is 0 Å². The van der Waals surface area contributed by atoms with Crippen LogP contribution in [0.4, 0.5) is 19.0 Å². The molecule has 8 heteroatoms. The largest absolute Gasteiger partial charge is 0.431 e. The number of carbonyl (C=O) groups excluding carboxylic acids is 1. The molecule has 0 aliphatic carbocycles. The summed E-state index contributed by atoms with van der Waals surface area (Å²) in [7, 11) is 0. The second kappa shape index (κ2) is 4.94. The highest BCUT2D eigenvalue weighted by molar-refractivity contribution is 6.02. The number of carbonyl (C=O) groups is 1. The van der Waals surface area contributed by atoms with E-state index in [2.05, 4.69) is 15.4 Å². The number of nitrogens with zero attached hydrogens (tertiary/aromatic N) is 2. The zero-order valence-electron chi connectivity index (χ0n) is 11.7. The standard InChI is InChI=1S/C13H15F3N4O/c1-12(2,3)20-10(6-7-17-20)19-11(21)8-4-5-9(18-8)13(14,15)16/h4-7,18H,1-3H3,(H,19,21). The maximum absolute atomic E-state index is 12.5. The zero-order chi connectivity index (χ0) is 15.8. The van der Waals surface area contributed by atoms with E-state index in [9.17, 15) is 18.0 Å². The van der Waals surface area contributed by atoms with Gasteiger partial charge in [0.05, 0.1) is 11.7 Å². The molecule has 0 aliphatic rings. The van der Waals surface area contributed by atoms with Gasteiger partial charge in [0.25, 0.3) is 5.91 Å². The highest BCUT2D eigenvalue weighted by atomic mass is 19.4. The van der Waals surface area contributed by atoms with E-state index >= 15 is 0 Å². The van der Waals surface area contributed by atoms with Gasteiger partial charge in [-0.15, -0.1) is 0 Å². The molecule has 5 nitrogen and oxygen atoms in total. The Morgan fingerprint density at radius 1 is 1.24 bits per heavy atom. The molecule has 2 aromatic rings. The van der Waals surface area contributed by atoms with E-state index in [1.165, 1.54) is 6.20 Å². The first-order valence-electron chi connectivity index (χ1n) is 6.21. The lowest BCUT2D eigenvalue weighted by atomic mass is 10.1.